The molecular weight excluding hydrogens is 374 g/mol. The number of hydrogen-bond donors (Lipinski definition) is 1. The fourth-order valence-corrected chi connectivity index (χ4v) is 5.99. The third-order valence-electron chi connectivity index (χ3n) is 7.65. The molecule has 0 bridgehead atoms. The molecule has 4 nitrogen and oxygen atoms in total. The van der Waals surface area contributed by atoms with Crippen LogP contribution in [0.25, 0.3) is 0 Å². The average molecular weight is 412 g/mol. The van der Waals surface area contributed by atoms with Crippen molar-refractivity contribution in [2.75, 3.05) is 6.61 Å². The molecule has 0 spiro atoms. The largest absolute Gasteiger partial charge is 0.481 e. The average Bonchev–Trinajstić information content (AvgIpc) is 2.70. The van der Waals surface area contributed by atoms with E-state index in [4.69, 9.17) is 4.84 Å². The van der Waals surface area contributed by atoms with Gasteiger partial charge in [0.2, 0.25) is 0 Å². The van der Waals surface area contributed by atoms with Gasteiger partial charge in [-0.25, -0.2) is 0 Å². The van der Waals surface area contributed by atoms with Gasteiger partial charge in [0.15, 0.2) is 0 Å². The first-order valence-corrected chi connectivity index (χ1v) is 11.4. The SMILES string of the molecule is C=CCON=C(CC)c1cc2c(cc1C(C)C)CC[C@H]1[C@](C)(C(=O)O)CCC[C@]21C. The molecule has 0 amide bonds. The Morgan fingerprint density at radius 1 is 1.37 bits per heavy atom. The summed E-state index contributed by atoms with van der Waals surface area (Å²) in [6.45, 7) is 14.9. The van der Waals surface area contributed by atoms with Crippen LogP contribution in [0.15, 0.2) is 29.9 Å². The highest BCUT2D eigenvalue weighted by Crippen LogP contribution is 2.57. The molecule has 1 N–H and O–H groups in total. The van der Waals surface area contributed by atoms with Gasteiger partial charge in [0, 0.05) is 5.56 Å². The minimum Gasteiger partial charge on any atom is -0.481 e. The number of carbonyl (C=O) groups is 1. The fraction of sp³-hybridized carbons (Fsp3) is 0.615. The van der Waals surface area contributed by atoms with Crippen LogP contribution < -0.4 is 0 Å². The number of aryl methyl sites for hydroxylation is 1. The molecule has 1 aromatic rings. The van der Waals surface area contributed by atoms with E-state index in [2.05, 4.69) is 51.6 Å². The van der Waals surface area contributed by atoms with Crippen molar-refractivity contribution in [3.05, 3.63) is 47.0 Å². The first kappa shape index (κ1) is 22.6. The van der Waals surface area contributed by atoms with Crippen LogP contribution in [0.3, 0.4) is 0 Å². The second-order valence-electron chi connectivity index (χ2n) is 9.81. The first-order chi connectivity index (χ1) is 14.2. The number of rotatable bonds is 7. The van der Waals surface area contributed by atoms with Crippen molar-refractivity contribution in [3.63, 3.8) is 0 Å². The van der Waals surface area contributed by atoms with Gasteiger partial charge < -0.3 is 9.94 Å². The van der Waals surface area contributed by atoms with Crippen LogP contribution >= 0.6 is 0 Å². The van der Waals surface area contributed by atoms with Gasteiger partial charge in [0.1, 0.15) is 6.61 Å². The molecule has 1 fully saturated rings. The summed E-state index contributed by atoms with van der Waals surface area (Å²) < 4.78 is 0. The molecule has 164 valence electrons. The summed E-state index contributed by atoms with van der Waals surface area (Å²) in [6, 6.07) is 4.69. The van der Waals surface area contributed by atoms with Crippen molar-refractivity contribution in [2.24, 2.45) is 16.5 Å². The standard InChI is InChI=1S/C26H37NO3/c1-7-14-30-27-22(8-2)20-16-21-18(15-19(20)17(3)4)10-11-23-25(21,5)12-9-13-26(23,6)24(28)29/h7,15-17,23H,1,8-14H2,2-6H3,(H,28,29)/t23-,25-,26-/m1/s1. The number of carboxylic acids is 1. The Balaban J connectivity index is 2.16. The van der Waals surface area contributed by atoms with Gasteiger partial charge in [-0.2, -0.15) is 0 Å². The zero-order valence-corrected chi connectivity index (χ0v) is 19.3. The molecule has 30 heavy (non-hydrogen) atoms. The van der Waals surface area contributed by atoms with Crippen LogP contribution in [0.5, 0.6) is 0 Å². The maximum absolute atomic E-state index is 12.3. The van der Waals surface area contributed by atoms with Crippen LogP contribution in [0.1, 0.15) is 94.9 Å². The molecule has 2 aliphatic carbocycles. The monoisotopic (exact) mass is 411 g/mol. The van der Waals surface area contributed by atoms with Crippen molar-refractivity contribution in [1.29, 1.82) is 0 Å². The van der Waals surface area contributed by atoms with Gasteiger partial charge in [-0.05, 0) is 79.0 Å². The van der Waals surface area contributed by atoms with E-state index >= 15 is 0 Å². The molecule has 1 saturated carbocycles. The van der Waals surface area contributed by atoms with Crippen LogP contribution in [0, 0.1) is 11.3 Å². The van der Waals surface area contributed by atoms with Crippen molar-refractivity contribution in [3.8, 4) is 0 Å². The lowest BCUT2D eigenvalue weighted by molar-refractivity contribution is -0.157. The lowest BCUT2D eigenvalue weighted by atomic mass is 9.49. The molecule has 0 unspecified atom stereocenters. The van der Waals surface area contributed by atoms with E-state index in [1.165, 1.54) is 16.7 Å². The number of hydrogen-bond acceptors (Lipinski definition) is 3. The van der Waals surface area contributed by atoms with Crippen molar-refractivity contribution in [2.45, 2.75) is 84.5 Å². The van der Waals surface area contributed by atoms with Crippen molar-refractivity contribution < 1.29 is 14.7 Å². The summed E-state index contributed by atoms with van der Waals surface area (Å²) in [7, 11) is 0. The number of aliphatic carboxylic acids is 1. The predicted molar refractivity (Wildman–Crippen MR) is 122 cm³/mol. The van der Waals surface area contributed by atoms with E-state index in [-0.39, 0.29) is 11.3 Å². The van der Waals surface area contributed by atoms with E-state index in [1.807, 2.05) is 6.92 Å². The second kappa shape index (κ2) is 8.56. The van der Waals surface area contributed by atoms with E-state index in [1.54, 1.807) is 6.08 Å². The molecule has 0 saturated heterocycles. The molecule has 4 heteroatoms. The van der Waals surface area contributed by atoms with Crippen LogP contribution in [0.4, 0.5) is 0 Å². The smallest absolute Gasteiger partial charge is 0.309 e. The first-order valence-electron chi connectivity index (χ1n) is 11.4. The quantitative estimate of drug-likeness (QED) is 0.251. The number of fused-ring (bicyclic) bond motifs is 3. The summed E-state index contributed by atoms with van der Waals surface area (Å²) in [4.78, 5) is 17.7. The Bertz CT molecular complexity index is 856. The number of carboxylic acid groups (broad SMARTS) is 1. The highest BCUT2D eigenvalue weighted by Gasteiger charge is 2.55. The molecule has 3 atom stereocenters. The number of nitrogens with zero attached hydrogens (tertiary/aromatic N) is 1. The summed E-state index contributed by atoms with van der Waals surface area (Å²) in [5, 5.41) is 14.5. The Labute approximate surface area is 181 Å². The topological polar surface area (TPSA) is 58.9 Å². The van der Waals surface area contributed by atoms with Gasteiger partial charge in [0.25, 0.3) is 0 Å². The lowest BCUT2D eigenvalue weighted by Gasteiger charge is -2.53. The summed E-state index contributed by atoms with van der Waals surface area (Å²) in [5.41, 5.74) is 5.34. The Morgan fingerprint density at radius 3 is 2.70 bits per heavy atom. The van der Waals surface area contributed by atoms with Crippen molar-refractivity contribution in [1.82, 2.24) is 0 Å². The Kier molecular flexibility index (Phi) is 6.45. The molecule has 0 radical (unpaired) electrons. The van der Waals surface area contributed by atoms with E-state index in [0.717, 1.165) is 49.8 Å². The molecule has 0 aliphatic heterocycles. The Hall–Kier alpha value is -2.10. The van der Waals surface area contributed by atoms with Gasteiger partial charge in [0.05, 0.1) is 11.1 Å². The maximum Gasteiger partial charge on any atom is 0.309 e. The second-order valence-corrected chi connectivity index (χ2v) is 9.81. The minimum absolute atomic E-state index is 0.121. The van der Waals surface area contributed by atoms with Gasteiger partial charge >= 0.3 is 5.97 Å². The minimum atomic E-state index is -0.656. The van der Waals surface area contributed by atoms with E-state index in [9.17, 15) is 9.90 Å². The summed E-state index contributed by atoms with van der Waals surface area (Å²) in [6.07, 6.45) is 7.14. The molecular formula is C26H37NO3. The highest BCUT2D eigenvalue weighted by atomic mass is 16.6. The zero-order chi connectivity index (χ0) is 22.1. The normalized spacial score (nSPS) is 28.6. The molecule has 3 rings (SSSR count). The van der Waals surface area contributed by atoms with Crippen LogP contribution in [-0.2, 0) is 21.5 Å². The van der Waals surface area contributed by atoms with Crippen molar-refractivity contribution >= 4 is 11.7 Å². The molecule has 2 aliphatic rings. The lowest BCUT2D eigenvalue weighted by Crippen LogP contribution is -2.52. The van der Waals surface area contributed by atoms with E-state index in [0.29, 0.717) is 12.5 Å². The van der Waals surface area contributed by atoms with Crippen LogP contribution in [0.2, 0.25) is 0 Å². The molecule has 0 aromatic heterocycles. The number of benzene rings is 1. The summed E-state index contributed by atoms with van der Waals surface area (Å²) in [5.74, 6) is -0.113. The number of oxime groups is 1. The predicted octanol–water partition coefficient (Wildman–Crippen LogP) is 6.22. The highest BCUT2D eigenvalue weighted by molar-refractivity contribution is 6.02. The third kappa shape index (κ3) is 3.70. The third-order valence-corrected chi connectivity index (χ3v) is 7.65. The van der Waals surface area contributed by atoms with E-state index < -0.39 is 11.4 Å². The zero-order valence-electron chi connectivity index (χ0n) is 19.3. The Morgan fingerprint density at radius 2 is 2.10 bits per heavy atom. The van der Waals surface area contributed by atoms with Gasteiger partial charge in [-0.1, -0.05) is 58.0 Å². The van der Waals surface area contributed by atoms with Crippen LogP contribution in [-0.4, -0.2) is 23.4 Å². The maximum atomic E-state index is 12.3. The fourth-order valence-electron chi connectivity index (χ4n) is 5.99. The molecule has 0 heterocycles. The van der Waals surface area contributed by atoms with Gasteiger partial charge in [-0.15, -0.1) is 0 Å². The molecule has 1 aromatic carbocycles. The van der Waals surface area contributed by atoms with Gasteiger partial charge in [-0.3, -0.25) is 4.79 Å². The summed E-state index contributed by atoms with van der Waals surface area (Å²) >= 11 is 0.